The van der Waals surface area contributed by atoms with E-state index in [-0.39, 0.29) is 12.1 Å². The minimum absolute atomic E-state index is 0.162. The zero-order chi connectivity index (χ0) is 11.2. The Hall–Kier alpha value is -0.820. The van der Waals surface area contributed by atoms with E-state index in [1.54, 1.807) is 0 Å². The minimum atomic E-state index is -3.52. The van der Waals surface area contributed by atoms with Gasteiger partial charge in [-0.3, -0.25) is 0 Å². The van der Waals surface area contributed by atoms with Gasteiger partial charge in [-0.15, -0.1) is 0 Å². The molecule has 0 radical (unpaired) electrons. The highest BCUT2D eigenvalue weighted by Crippen LogP contribution is 2.37. The van der Waals surface area contributed by atoms with Gasteiger partial charge in [0.1, 0.15) is 0 Å². The standard InChI is InChI=1S/C8H14N2O4S/c9-15(13,14)7-3-5-1-2-6(4-7)10(5)8(11)12/h5-7H,1-4H2,(H,11,12)(H2,9,13,14). The van der Waals surface area contributed by atoms with Gasteiger partial charge in [0.15, 0.2) is 0 Å². The molecule has 2 atom stereocenters. The summed E-state index contributed by atoms with van der Waals surface area (Å²) < 4.78 is 22.4. The van der Waals surface area contributed by atoms with Crippen molar-refractivity contribution in [3.8, 4) is 0 Å². The van der Waals surface area contributed by atoms with Crippen molar-refractivity contribution in [2.24, 2.45) is 5.14 Å². The summed E-state index contributed by atoms with van der Waals surface area (Å²) in [6.45, 7) is 0. The van der Waals surface area contributed by atoms with E-state index in [9.17, 15) is 13.2 Å². The molecule has 7 heteroatoms. The summed E-state index contributed by atoms with van der Waals surface area (Å²) in [6.07, 6.45) is 1.25. The second-order valence-corrected chi connectivity index (χ2v) is 6.10. The Kier molecular flexibility index (Phi) is 2.38. The van der Waals surface area contributed by atoms with Crippen LogP contribution in [0, 0.1) is 0 Å². The molecule has 0 aromatic carbocycles. The highest BCUT2D eigenvalue weighted by molar-refractivity contribution is 7.89. The molecule has 2 aliphatic rings. The summed E-state index contributed by atoms with van der Waals surface area (Å²) in [5.41, 5.74) is 0. The van der Waals surface area contributed by atoms with Crippen molar-refractivity contribution >= 4 is 16.1 Å². The Morgan fingerprint density at radius 1 is 1.27 bits per heavy atom. The van der Waals surface area contributed by atoms with E-state index < -0.39 is 21.4 Å². The van der Waals surface area contributed by atoms with Crippen LogP contribution in [0.1, 0.15) is 25.7 Å². The Morgan fingerprint density at radius 3 is 2.07 bits per heavy atom. The van der Waals surface area contributed by atoms with E-state index in [0.717, 1.165) is 12.8 Å². The number of primary sulfonamides is 1. The lowest BCUT2D eigenvalue weighted by molar-refractivity contribution is 0.103. The maximum absolute atomic E-state index is 11.2. The van der Waals surface area contributed by atoms with Crippen LogP contribution in [0.2, 0.25) is 0 Å². The number of carboxylic acid groups (broad SMARTS) is 1. The van der Waals surface area contributed by atoms with Gasteiger partial charge in [0.05, 0.1) is 5.25 Å². The largest absolute Gasteiger partial charge is 0.465 e. The van der Waals surface area contributed by atoms with Gasteiger partial charge in [0.2, 0.25) is 10.0 Å². The number of rotatable bonds is 1. The quantitative estimate of drug-likeness (QED) is 0.664. The first-order valence-corrected chi connectivity index (χ1v) is 6.53. The van der Waals surface area contributed by atoms with E-state index in [2.05, 4.69) is 0 Å². The van der Waals surface area contributed by atoms with Crippen LogP contribution in [0.5, 0.6) is 0 Å². The predicted molar refractivity (Wildman–Crippen MR) is 52.8 cm³/mol. The number of amides is 1. The molecule has 2 aliphatic heterocycles. The Labute approximate surface area is 88.1 Å². The number of carbonyl (C=O) groups is 1. The lowest BCUT2D eigenvalue weighted by atomic mass is 10.0. The normalized spacial score (nSPS) is 35.5. The van der Waals surface area contributed by atoms with Crippen LogP contribution in [0.3, 0.4) is 0 Å². The molecule has 2 saturated heterocycles. The summed E-state index contributed by atoms with van der Waals surface area (Å²) in [6, 6.07) is -0.325. The number of nitrogens with zero attached hydrogens (tertiary/aromatic N) is 1. The first-order chi connectivity index (χ1) is 6.89. The lowest BCUT2D eigenvalue weighted by Crippen LogP contribution is -2.50. The molecule has 2 bridgehead atoms. The number of piperidine rings is 1. The summed E-state index contributed by atoms with van der Waals surface area (Å²) in [5.74, 6) is 0. The van der Waals surface area contributed by atoms with Crippen LogP contribution in [0.25, 0.3) is 0 Å². The van der Waals surface area contributed by atoms with E-state index in [0.29, 0.717) is 12.8 Å². The average molecular weight is 234 g/mol. The van der Waals surface area contributed by atoms with Crippen LogP contribution < -0.4 is 5.14 Å². The molecule has 2 unspecified atom stereocenters. The molecule has 3 N–H and O–H groups in total. The summed E-state index contributed by atoms with van der Waals surface area (Å²) in [5, 5.41) is 13.5. The second-order valence-electron chi connectivity index (χ2n) is 4.26. The molecule has 6 nitrogen and oxygen atoms in total. The van der Waals surface area contributed by atoms with Gasteiger partial charge in [0, 0.05) is 12.1 Å². The van der Waals surface area contributed by atoms with E-state index in [4.69, 9.17) is 10.2 Å². The van der Waals surface area contributed by atoms with E-state index in [1.165, 1.54) is 4.90 Å². The smallest absolute Gasteiger partial charge is 0.407 e. The van der Waals surface area contributed by atoms with Crippen molar-refractivity contribution in [1.29, 1.82) is 0 Å². The fraction of sp³-hybridized carbons (Fsp3) is 0.875. The van der Waals surface area contributed by atoms with Crippen LogP contribution in [-0.4, -0.2) is 41.9 Å². The first kappa shape index (κ1) is 10.7. The third kappa shape index (κ3) is 1.81. The molecule has 0 aromatic rings. The van der Waals surface area contributed by atoms with Gasteiger partial charge in [-0.1, -0.05) is 0 Å². The highest BCUT2D eigenvalue weighted by Gasteiger charge is 2.46. The van der Waals surface area contributed by atoms with Gasteiger partial charge in [-0.25, -0.2) is 18.4 Å². The second kappa shape index (κ2) is 3.34. The third-order valence-electron chi connectivity index (χ3n) is 3.38. The number of fused-ring (bicyclic) bond motifs is 2. The molecule has 86 valence electrons. The molecule has 1 amide bonds. The average Bonchev–Trinajstić information content (AvgIpc) is 2.35. The first-order valence-electron chi connectivity index (χ1n) is 4.92. The third-order valence-corrected chi connectivity index (χ3v) is 4.69. The predicted octanol–water partition coefficient (Wildman–Crippen LogP) is -0.0517. The number of sulfonamides is 1. The summed E-state index contributed by atoms with van der Waals surface area (Å²) in [7, 11) is -3.52. The molecule has 0 aliphatic carbocycles. The molecular weight excluding hydrogens is 220 g/mol. The lowest BCUT2D eigenvalue weighted by Gasteiger charge is -2.35. The highest BCUT2D eigenvalue weighted by atomic mass is 32.2. The molecular formula is C8H14N2O4S. The molecule has 2 heterocycles. The van der Waals surface area contributed by atoms with Crippen LogP contribution in [0.4, 0.5) is 4.79 Å². The maximum Gasteiger partial charge on any atom is 0.407 e. The fourth-order valence-corrected chi connectivity index (χ4v) is 3.69. The van der Waals surface area contributed by atoms with Crippen LogP contribution in [0.15, 0.2) is 0 Å². The minimum Gasteiger partial charge on any atom is -0.465 e. The van der Waals surface area contributed by atoms with Gasteiger partial charge in [0.25, 0.3) is 0 Å². The van der Waals surface area contributed by atoms with Crippen molar-refractivity contribution < 1.29 is 18.3 Å². The topological polar surface area (TPSA) is 101 Å². The Bertz CT molecular complexity index is 366. The van der Waals surface area contributed by atoms with Crippen molar-refractivity contribution in [2.75, 3.05) is 0 Å². The Balaban J connectivity index is 2.18. The molecule has 2 fully saturated rings. The molecule has 0 aromatic heterocycles. The van der Waals surface area contributed by atoms with Crippen LogP contribution >= 0.6 is 0 Å². The number of hydrogen-bond acceptors (Lipinski definition) is 3. The zero-order valence-electron chi connectivity index (χ0n) is 8.17. The van der Waals surface area contributed by atoms with Gasteiger partial charge >= 0.3 is 6.09 Å². The zero-order valence-corrected chi connectivity index (χ0v) is 8.98. The summed E-state index contributed by atoms with van der Waals surface area (Å²) in [4.78, 5) is 12.3. The SMILES string of the molecule is NS(=O)(=O)C1CC2CCC(C1)N2C(=O)O. The molecule has 15 heavy (non-hydrogen) atoms. The monoisotopic (exact) mass is 234 g/mol. The van der Waals surface area contributed by atoms with Crippen molar-refractivity contribution in [3.63, 3.8) is 0 Å². The summed E-state index contributed by atoms with van der Waals surface area (Å²) >= 11 is 0. The van der Waals surface area contributed by atoms with E-state index in [1.807, 2.05) is 0 Å². The van der Waals surface area contributed by atoms with Gasteiger partial charge in [-0.2, -0.15) is 0 Å². The number of hydrogen-bond donors (Lipinski definition) is 2. The van der Waals surface area contributed by atoms with Crippen molar-refractivity contribution in [3.05, 3.63) is 0 Å². The van der Waals surface area contributed by atoms with Crippen molar-refractivity contribution in [1.82, 2.24) is 4.90 Å². The van der Waals surface area contributed by atoms with Gasteiger partial charge < -0.3 is 10.0 Å². The molecule has 0 spiro atoms. The maximum atomic E-state index is 11.2. The fourth-order valence-electron chi connectivity index (χ4n) is 2.71. The molecule has 0 saturated carbocycles. The molecule has 2 rings (SSSR count). The van der Waals surface area contributed by atoms with E-state index >= 15 is 0 Å². The van der Waals surface area contributed by atoms with Gasteiger partial charge in [-0.05, 0) is 25.7 Å². The van der Waals surface area contributed by atoms with Crippen molar-refractivity contribution in [2.45, 2.75) is 43.0 Å². The van der Waals surface area contributed by atoms with Crippen LogP contribution in [-0.2, 0) is 10.0 Å². The number of nitrogens with two attached hydrogens (primary N) is 1. The Morgan fingerprint density at radius 2 is 1.73 bits per heavy atom.